The van der Waals surface area contributed by atoms with E-state index in [0.717, 1.165) is 13.8 Å². The summed E-state index contributed by atoms with van der Waals surface area (Å²) in [5.41, 5.74) is 0. The molecule has 10 fully saturated rings. The van der Waals surface area contributed by atoms with E-state index in [0.29, 0.717) is 0 Å². The van der Waals surface area contributed by atoms with Crippen LogP contribution in [-0.2, 0) is 99.6 Å². The highest BCUT2D eigenvalue weighted by atomic mass is 16.8. The normalized spacial score (nSPS) is 52.8. The van der Waals surface area contributed by atoms with E-state index in [1.54, 1.807) is 0 Å². The molecule has 10 aliphatic rings. The predicted octanol–water partition coefficient (Wildman–Crippen LogP) is -18.4. The predicted molar refractivity (Wildman–Crippen MR) is 347 cm³/mol. The number of hydrogen-bond acceptors (Lipinski definition) is 47. The number of ether oxygens (including phenoxy) is 19. The summed E-state index contributed by atoms with van der Waals surface area (Å²) in [6, 6.07) is -4.10. The number of rotatable bonds is 26. The number of amides is 2. The minimum Gasteiger partial charge on any atom is -0.394 e. The molecule has 28 N–H and O–H groups in total. The first-order chi connectivity index (χ1) is 53.3. The van der Waals surface area contributed by atoms with Gasteiger partial charge in [-0.05, 0) is 27.7 Å². The molecule has 0 aliphatic carbocycles. The molecule has 2 amide bonds. The highest BCUT2D eigenvalue weighted by Gasteiger charge is 2.62. The first-order valence-electron chi connectivity index (χ1n) is 36.6. The summed E-state index contributed by atoms with van der Waals surface area (Å²) in [6.45, 7) is -0.0854. The molecule has 50 atom stereocenters. The van der Waals surface area contributed by atoms with Crippen molar-refractivity contribution in [2.24, 2.45) is 0 Å². The molecule has 0 aromatic heterocycles. The van der Waals surface area contributed by atoms with E-state index in [4.69, 9.17) is 90.0 Å². The molecule has 49 heteroatoms. The van der Waals surface area contributed by atoms with Gasteiger partial charge in [0, 0.05) is 13.8 Å². The van der Waals surface area contributed by atoms with Crippen LogP contribution >= 0.6 is 0 Å². The Hall–Kier alpha value is -2.86. The van der Waals surface area contributed by atoms with Crippen LogP contribution in [0.2, 0.25) is 0 Å². The van der Waals surface area contributed by atoms with Gasteiger partial charge in [-0.1, -0.05) is 0 Å². The van der Waals surface area contributed by atoms with Crippen molar-refractivity contribution in [3.05, 3.63) is 0 Å². The Kier molecular flexibility index (Phi) is 32.2. The van der Waals surface area contributed by atoms with Gasteiger partial charge < -0.3 is 233 Å². The molecule has 10 heterocycles. The summed E-state index contributed by atoms with van der Waals surface area (Å²) in [6.07, 6.45) is -97.4. The maximum atomic E-state index is 13.7. The van der Waals surface area contributed by atoms with Crippen LogP contribution in [0, 0.1) is 0 Å². The molecule has 10 rings (SSSR count). The number of aliphatic hydroxyl groups is 26. The standard InChI is InChI=1S/C64H108N2O47/c1-13-27(74)34(81)42(89)58(96-13)107-48-23(11-71)104-57(26(66-18(6)73)51(48)110-64-54(39(86)32(79)20(8-68)102-64)113-61-45(92)37(84)30(77)16(4)99-61)111-52-33(80)24(105-62(46(52)93)106-47-21(9-69)100-55(94)41(88)40(47)87)12-95-56-25(65-17(5)72)50(109-59-43(90)35(82)28(75)14(2)97-59)49(22(10-70)103-56)108-63-53(38(85)31(78)19(7-67)101-63)112-60-44(91)36(83)29(76)15(3)98-60/h13-16,19-64,67-71,74-94H,7-12H2,1-6H3,(H,65,72)(H,66,73)/t13-,14-,15-,16-,19+,20+,21+,22+,23+,24+,25+,26+,27+,28+,29+,30+,31-,32-,33-,34+,35+,36+,37+,38-,39-,40+,41+,42-,43-,44-,45-,46+,47+,48+,49+,50+,51+,52-,53+,54+,55?,56+,57-,58-,59-,60-,61-,62-,63-,64-/m0/s1. The Balaban J connectivity index is 1.03. The van der Waals surface area contributed by atoms with Crippen molar-refractivity contribution in [1.29, 1.82) is 0 Å². The molecular weight excluding hydrogens is 1550 g/mol. The summed E-state index contributed by atoms with van der Waals surface area (Å²) in [5.74, 6) is -2.03. The van der Waals surface area contributed by atoms with Crippen LogP contribution in [0.15, 0.2) is 0 Å². The summed E-state index contributed by atoms with van der Waals surface area (Å²) < 4.78 is 115. The Morgan fingerprint density at radius 3 is 0.912 bits per heavy atom. The van der Waals surface area contributed by atoms with E-state index >= 15 is 0 Å². The average Bonchev–Trinajstić information content (AvgIpc) is 0.758. The van der Waals surface area contributed by atoms with Gasteiger partial charge in [-0.25, -0.2) is 0 Å². The zero-order chi connectivity index (χ0) is 83.1. The van der Waals surface area contributed by atoms with Gasteiger partial charge in [0.15, 0.2) is 62.9 Å². The van der Waals surface area contributed by atoms with Gasteiger partial charge in [0.2, 0.25) is 11.8 Å². The summed E-state index contributed by atoms with van der Waals surface area (Å²) >= 11 is 0. The second-order valence-corrected chi connectivity index (χ2v) is 29.4. The van der Waals surface area contributed by atoms with E-state index in [-0.39, 0.29) is 0 Å². The fourth-order valence-electron chi connectivity index (χ4n) is 14.9. The van der Waals surface area contributed by atoms with Gasteiger partial charge in [-0.2, -0.15) is 0 Å². The van der Waals surface area contributed by atoms with E-state index in [9.17, 15) is 142 Å². The molecule has 0 bridgehead atoms. The molecule has 0 spiro atoms. The Bertz CT molecular complexity index is 2970. The number of nitrogens with one attached hydrogen (secondary N) is 2. The monoisotopic (exact) mass is 1660 g/mol. The van der Waals surface area contributed by atoms with Crippen molar-refractivity contribution in [1.82, 2.24) is 10.6 Å². The maximum absolute atomic E-state index is 13.7. The van der Waals surface area contributed by atoms with E-state index < -0.39 is 358 Å². The van der Waals surface area contributed by atoms with Crippen molar-refractivity contribution in [3.63, 3.8) is 0 Å². The topological polar surface area (TPSA) is 760 Å². The molecule has 1 unspecified atom stereocenters. The minimum atomic E-state index is -2.53. The van der Waals surface area contributed by atoms with E-state index in [2.05, 4.69) is 10.6 Å². The van der Waals surface area contributed by atoms with Gasteiger partial charge in [-0.3, -0.25) is 9.59 Å². The van der Waals surface area contributed by atoms with Crippen molar-refractivity contribution >= 4 is 11.8 Å². The summed E-state index contributed by atoms with van der Waals surface area (Å²) in [4.78, 5) is 27.3. The highest BCUT2D eigenvalue weighted by Crippen LogP contribution is 2.42. The van der Waals surface area contributed by atoms with Gasteiger partial charge in [0.25, 0.3) is 0 Å². The van der Waals surface area contributed by atoms with Crippen molar-refractivity contribution < 1.29 is 232 Å². The second kappa shape index (κ2) is 39.3. The third kappa shape index (κ3) is 19.7. The van der Waals surface area contributed by atoms with E-state index in [1.165, 1.54) is 27.7 Å². The molecule has 0 aromatic carbocycles. The smallest absolute Gasteiger partial charge is 0.217 e. The van der Waals surface area contributed by atoms with Crippen LogP contribution in [-0.4, -0.2) is 491 Å². The van der Waals surface area contributed by atoms with Crippen molar-refractivity contribution in [2.45, 2.75) is 348 Å². The molecule has 49 nitrogen and oxygen atoms in total. The lowest BCUT2D eigenvalue weighted by atomic mass is 9.93. The Morgan fingerprint density at radius 1 is 0.248 bits per heavy atom. The quantitative estimate of drug-likeness (QED) is 0.0382. The molecule has 10 saturated heterocycles. The van der Waals surface area contributed by atoms with E-state index in [1.807, 2.05) is 0 Å². The van der Waals surface area contributed by atoms with Crippen LogP contribution in [0.5, 0.6) is 0 Å². The highest BCUT2D eigenvalue weighted by molar-refractivity contribution is 5.73. The first kappa shape index (κ1) is 92.4. The molecular formula is C64H108N2O47. The average molecular weight is 1660 g/mol. The summed E-state index contributed by atoms with van der Waals surface area (Å²) in [7, 11) is 0. The van der Waals surface area contributed by atoms with Gasteiger partial charge in [0.05, 0.1) is 64.1 Å². The Labute approximate surface area is 641 Å². The zero-order valence-corrected chi connectivity index (χ0v) is 61.3. The van der Waals surface area contributed by atoms with Crippen LogP contribution < -0.4 is 10.6 Å². The molecule has 10 aliphatic heterocycles. The third-order valence-corrected chi connectivity index (χ3v) is 21.5. The zero-order valence-electron chi connectivity index (χ0n) is 61.3. The van der Waals surface area contributed by atoms with Gasteiger partial charge in [0.1, 0.15) is 220 Å². The molecule has 113 heavy (non-hydrogen) atoms. The van der Waals surface area contributed by atoms with Gasteiger partial charge >= 0.3 is 0 Å². The fourth-order valence-corrected chi connectivity index (χ4v) is 14.9. The lowest BCUT2D eigenvalue weighted by Gasteiger charge is -2.52. The van der Waals surface area contributed by atoms with Crippen LogP contribution in [0.3, 0.4) is 0 Å². The number of hydrogen-bond donors (Lipinski definition) is 28. The Morgan fingerprint density at radius 2 is 0.531 bits per heavy atom. The lowest BCUT2D eigenvalue weighted by molar-refractivity contribution is -0.402. The van der Waals surface area contributed by atoms with Crippen LogP contribution in [0.4, 0.5) is 0 Å². The minimum absolute atomic E-state index is 0.904. The molecule has 0 radical (unpaired) electrons. The number of carbonyl (C=O) groups is 2. The molecule has 656 valence electrons. The third-order valence-electron chi connectivity index (χ3n) is 21.5. The number of carbonyl (C=O) groups excluding carboxylic acids is 2. The summed E-state index contributed by atoms with van der Waals surface area (Å²) in [5, 5.41) is 294. The van der Waals surface area contributed by atoms with Gasteiger partial charge in [-0.15, -0.1) is 0 Å². The number of aliphatic hydroxyl groups excluding tert-OH is 26. The van der Waals surface area contributed by atoms with Crippen molar-refractivity contribution in [2.75, 3.05) is 39.6 Å². The SMILES string of the molecule is CC(=O)N[C@H]1[C@H](O[C@H]2[C@@H](O)[C@@H](CO[C@@H]3O[C@H](CO)[C@@H](O[C@@H]4O[C@H](CO)[C@H](O)[C@H](O)[C@H]4O[C@@H]4O[C@@H](C)[C@@H](O)[C@@H](O)[C@@H]4O)[C@H](O[C@@H]4O[C@@H](C)[C@@H](O)[C@@H](O)[C@@H]4O)[C@H]3NC(C)=O)O[C@@H](O[C@H]3[C@H](O)[C@@H](O)C(O)O[C@@H]3CO)[C@@H]2O)O[C@H](CO)[C@@H](O[C@@H]2O[C@@H](C)[C@@H](O)[C@@H](O)[C@@H]2O)[C@@H]1O[C@@H]1O[C@H](CO)[C@H](O)[C@H](O)[C@H]1O[C@@H]1O[C@@H](C)[C@@H](O)[C@@H](O)[C@@H]1O. The van der Waals surface area contributed by atoms with Crippen LogP contribution in [0.1, 0.15) is 41.5 Å². The first-order valence-corrected chi connectivity index (χ1v) is 36.6. The maximum Gasteiger partial charge on any atom is 0.217 e. The largest absolute Gasteiger partial charge is 0.394 e. The van der Waals surface area contributed by atoms with Crippen LogP contribution in [0.25, 0.3) is 0 Å². The lowest BCUT2D eigenvalue weighted by Crippen LogP contribution is -2.72. The fraction of sp³-hybridized carbons (Fsp3) is 0.969. The van der Waals surface area contributed by atoms with Crippen molar-refractivity contribution in [3.8, 4) is 0 Å². The second-order valence-electron chi connectivity index (χ2n) is 29.4. The molecule has 0 aromatic rings. The molecule has 0 saturated carbocycles.